The van der Waals surface area contributed by atoms with Crippen LogP contribution >= 0.6 is 0 Å². The molecule has 0 saturated heterocycles. The van der Waals surface area contributed by atoms with Gasteiger partial charge in [0.05, 0.1) is 13.5 Å². The summed E-state index contributed by atoms with van der Waals surface area (Å²) in [4.78, 5) is 11.1. The number of hydrogen-bond acceptors (Lipinski definition) is 2. The highest BCUT2D eigenvalue weighted by Gasteiger charge is 2.35. The van der Waals surface area contributed by atoms with E-state index in [9.17, 15) is 9.90 Å². The Balaban J connectivity index is 2.09. The lowest BCUT2D eigenvalue weighted by Gasteiger charge is -2.27. The fourth-order valence-corrected chi connectivity index (χ4v) is 3.88. The Labute approximate surface area is 127 Å². The molecule has 0 unspecified atom stereocenters. The molecular weight excluding hydrogens is 264 g/mol. The largest absolute Gasteiger partial charge is 0.496 e. The number of aryl methyl sites for hydroxylation is 3. The Morgan fingerprint density at radius 2 is 1.81 bits per heavy atom. The Morgan fingerprint density at radius 1 is 1.24 bits per heavy atom. The SMILES string of the molecule is COc1c(C)cc(CCC2(CC(=O)O)CCCC2)cc1C. The number of rotatable bonds is 6. The molecule has 0 radical (unpaired) electrons. The summed E-state index contributed by atoms with van der Waals surface area (Å²) in [5.74, 6) is 0.304. The molecule has 116 valence electrons. The molecule has 0 amide bonds. The number of carboxylic acids is 1. The van der Waals surface area contributed by atoms with Crippen molar-refractivity contribution in [2.45, 2.75) is 58.8 Å². The minimum Gasteiger partial charge on any atom is -0.496 e. The Hall–Kier alpha value is -1.51. The van der Waals surface area contributed by atoms with E-state index >= 15 is 0 Å². The average Bonchev–Trinajstić information content (AvgIpc) is 2.84. The Morgan fingerprint density at radius 3 is 2.29 bits per heavy atom. The summed E-state index contributed by atoms with van der Waals surface area (Å²) in [6.45, 7) is 4.13. The van der Waals surface area contributed by atoms with Gasteiger partial charge in [0, 0.05) is 0 Å². The molecule has 1 aromatic carbocycles. The molecule has 3 nitrogen and oxygen atoms in total. The van der Waals surface area contributed by atoms with Gasteiger partial charge >= 0.3 is 5.97 Å². The number of carbonyl (C=O) groups is 1. The number of benzene rings is 1. The van der Waals surface area contributed by atoms with E-state index in [-0.39, 0.29) is 5.41 Å². The first kappa shape index (κ1) is 15.9. The topological polar surface area (TPSA) is 46.5 Å². The summed E-state index contributed by atoms with van der Waals surface area (Å²) >= 11 is 0. The zero-order valence-corrected chi connectivity index (χ0v) is 13.4. The number of carboxylic acid groups (broad SMARTS) is 1. The van der Waals surface area contributed by atoms with Crippen LogP contribution in [0.1, 0.15) is 55.2 Å². The fraction of sp³-hybridized carbons (Fsp3) is 0.611. The van der Waals surface area contributed by atoms with Crippen LogP contribution in [-0.4, -0.2) is 18.2 Å². The predicted octanol–water partition coefficient (Wildman–Crippen LogP) is 4.28. The summed E-state index contributed by atoms with van der Waals surface area (Å²) in [5.41, 5.74) is 3.63. The van der Waals surface area contributed by atoms with E-state index < -0.39 is 5.97 Å². The fourth-order valence-electron chi connectivity index (χ4n) is 3.88. The first-order valence-corrected chi connectivity index (χ1v) is 7.82. The first-order valence-electron chi connectivity index (χ1n) is 7.82. The molecule has 21 heavy (non-hydrogen) atoms. The first-order chi connectivity index (χ1) is 9.96. The van der Waals surface area contributed by atoms with E-state index in [2.05, 4.69) is 26.0 Å². The van der Waals surface area contributed by atoms with Gasteiger partial charge < -0.3 is 9.84 Å². The second-order valence-electron chi connectivity index (χ2n) is 6.54. The van der Waals surface area contributed by atoms with Gasteiger partial charge in [0.1, 0.15) is 5.75 Å². The molecule has 0 heterocycles. The van der Waals surface area contributed by atoms with E-state index in [0.29, 0.717) is 6.42 Å². The quantitative estimate of drug-likeness (QED) is 0.850. The predicted molar refractivity (Wildman–Crippen MR) is 83.9 cm³/mol. The molecular formula is C18H26O3. The Bertz CT molecular complexity index is 490. The van der Waals surface area contributed by atoms with Crippen molar-refractivity contribution in [1.82, 2.24) is 0 Å². The van der Waals surface area contributed by atoms with Crippen molar-refractivity contribution in [1.29, 1.82) is 0 Å². The highest BCUT2D eigenvalue weighted by molar-refractivity contribution is 5.67. The molecule has 3 heteroatoms. The molecule has 1 fully saturated rings. The number of ether oxygens (including phenoxy) is 1. The standard InChI is InChI=1S/C18H26O3/c1-13-10-15(11-14(2)17(13)21-3)6-9-18(12-16(19)20)7-4-5-8-18/h10-11H,4-9,12H2,1-3H3,(H,19,20). The van der Waals surface area contributed by atoms with E-state index in [1.54, 1.807) is 7.11 Å². The van der Waals surface area contributed by atoms with E-state index in [4.69, 9.17) is 4.74 Å². The number of methoxy groups -OCH3 is 1. The van der Waals surface area contributed by atoms with Crippen molar-refractivity contribution in [3.8, 4) is 5.75 Å². The smallest absolute Gasteiger partial charge is 0.303 e. The maximum atomic E-state index is 11.1. The van der Waals surface area contributed by atoms with Gasteiger partial charge in [-0.2, -0.15) is 0 Å². The lowest BCUT2D eigenvalue weighted by Crippen LogP contribution is -2.21. The molecule has 1 saturated carbocycles. The molecule has 1 aliphatic carbocycles. The van der Waals surface area contributed by atoms with Gasteiger partial charge in [-0.3, -0.25) is 4.79 Å². The van der Waals surface area contributed by atoms with Crippen LogP contribution in [0.3, 0.4) is 0 Å². The zero-order valence-electron chi connectivity index (χ0n) is 13.4. The molecule has 1 aliphatic rings. The maximum Gasteiger partial charge on any atom is 0.303 e. The van der Waals surface area contributed by atoms with Gasteiger partial charge in [-0.05, 0) is 61.6 Å². The van der Waals surface area contributed by atoms with Crippen molar-refractivity contribution in [2.75, 3.05) is 7.11 Å². The summed E-state index contributed by atoms with van der Waals surface area (Å²) in [6, 6.07) is 4.35. The van der Waals surface area contributed by atoms with Crippen molar-refractivity contribution in [3.05, 3.63) is 28.8 Å². The van der Waals surface area contributed by atoms with Gasteiger partial charge in [0.15, 0.2) is 0 Å². The average molecular weight is 290 g/mol. The van der Waals surface area contributed by atoms with Crippen LogP contribution in [0.5, 0.6) is 5.75 Å². The van der Waals surface area contributed by atoms with E-state index in [1.807, 2.05) is 0 Å². The second kappa shape index (κ2) is 6.50. The van der Waals surface area contributed by atoms with Gasteiger partial charge in [-0.1, -0.05) is 25.0 Å². The molecule has 0 aliphatic heterocycles. The van der Waals surface area contributed by atoms with Crippen LogP contribution in [-0.2, 0) is 11.2 Å². The summed E-state index contributed by atoms with van der Waals surface area (Å²) in [6.07, 6.45) is 6.73. The highest BCUT2D eigenvalue weighted by atomic mass is 16.5. The molecule has 0 spiro atoms. The summed E-state index contributed by atoms with van der Waals surface area (Å²) < 4.78 is 5.40. The molecule has 1 aromatic rings. The van der Waals surface area contributed by atoms with Gasteiger partial charge in [-0.25, -0.2) is 0 Å². The highest BCUT2D eigenvalue weighted by Crippen LogP contribution is 2.45. The van der Waals surface area contributed by atoms with E-state index in [0.717, 1.165) is 42.6 Å². The van der Waals surface area contributed by atoms with E-state index in [1.165, 1.54) is 18.4 Å². The third-order valence-electron chi connectivity index (χ3n) is 4.86. The van der Waals surface area contributed by atoms with Crippen LogP contribution in [0.15, 0.2) is 12.1 Å². The Kier molecular flexibility index (Phi) is 4.92. The maximum absolute atomic E-state index is 11.1. The van der Waals surface area contributed by atoms with Crippen LogP contribution in [0, 0.1) is 19.3 Å². The summed E-state index contributed by atoms with van der Waals surface area (Å²) in [7, 11) is 1.70. The van der Waals surface area contributed by atoms with Crippen LogP contribution in [0.25, 0.3) is 0 Å². The lowest BCUT2D eigenvalue weighted by atomic mass is 9.77. The van der Waals surface area contributed by atoms with Gasteiger partial charge in [0.2, 0.25) is 0 Å². The normalized spacial score (nSPS) is 16.9. The van der Waals surface area contributed by atoms with Crippen molar-refractivity contribution in [3.63, 3.8) is 0 Å². The number of hydrogen-bond donors (Lipinski definition) is 1. The van der Waals surface area contributed by atoms with Crippen LogP contribution in [0.4, 0.5) is 0 Å². The van der Waals surface area contributed by atoms with Crippen molar-refractivity contribution in [2.24, 2.45) is 5.41 Å². The zero-order chi connectivity index (χ0) is 15.5. The lowest BCUT2D eigenvalue weighted by molar-refractivity contribution is -0.139. The minimum atomic E-state index is -0.654. The van der Waals surface area contributed by atoms with Gasteiger partial charge in [0.25, 0.3) is 0 Å². The molecule has 2 rings (SSSR count). The van der Waals surface area contributed by atoms with Gasteiger partial charge in [-0.15, -0.1) is 0 Å². The molecule has 1 N–H and O–H groups in total. The molecule has 0 bridgehead atoms. The third-order valence-corrected chi connectivity index (χ3v) is 4.86. The second-order valence-corrected chi connectivity index (χ2v) is 6.54. The number of aliphatic carboxylic acids is 1. The van der Waals surface area contributed by atoms with Crippen molar-refractivity contribution < 1.29 is 14.6 Å². The molecule has 0 aromatic heterocycles. The van der Waals surface area contributed by atoms with Crippen molar-refractivity contribution >= 4 is 5.97 Å². The molecule has 0 atom stereocenters. The van der Waals surface area contributed by atoms with Crippen LogP contribution < -0.4 is 4.74 Å². The minimum absolute atomic E-state index is 0.0214. The summed E-state index contributed by atoms with van der Waals surface area (Å²) in [5, 5.41) is 9.18. The third kappa shape index (κ3) is 3.78. The monoisotopic (exact) mass is 290 g/mol. The van der Waals surface area contributed by atoms with Crippen LogP contribution in [0.2, 0.25) is 0 Å².